The third-order valence-electron chi connectivity index (χ3n) is 2.22. The smallest absolute Gasteiger partial charge is 0.325 e. The molecular weight excluding hydrogens is 240 g/mol. The van der Waals surface area contributed by atoms with Crippen molar-refractivity contribution in [2.24, 2.45) is 0 Å². The molecule has 1 heterocycles. The molecule has 0 aliphatic rings. The molecule has 0 aliphatic heterocycles. The summed E-state index contributed by atoms with van der Waals surface area (Å²) in [4.78, 5) is 21.9. The second kappa shape index (κ2) is 6.24. The highest BCUT2D eigenvalue weighted by molar-refractivity contribution is 7.07. The lowest BCUT2D eigenvalue weighted by atomic mass is 10.1. The van der Waals surface area contributed by atoms with E-state index in [4.69, 9.17) is 5.11 Å². The van der Waals surface area contributed by atoms with Gasteiger partial charge in [-0.05, 0) is 42.7 Å². The standard InChI is InChI=1S/C11H16N2O3S/c1-7(5-9-3-4-17-6-9)12-11(16)13-8(2)10(14)15/h3-4,6-8H,5H2,1-2H3,(H,14,15)(H2,12,13,16). The molecule has 3 N–H and O–H groups in total. The summed E-state index contributed by atoms with van der Waals surface area (Å²) in [6.45, 7) is 3.30. The van der Waals surface area contributed by atoms with E-state index in [2.05, 4.69) is 10.6 Å². The zero-order valence-corrected chi connectivity index (χ0v) is 10.6. The Morgan fingerprint density at radius 1 is 1.41 bits per heavy atom. The fourth-order valence-electron chi connectivity index (χ4n) is 1.34. The minimum atomic E-state index is -1.05. The highest BCUT2D eigenvalue weighted by Gasteiger charge is 2.15. The molecule has 0 spiro atoms. The predicted molar refractivity (Wildman–Crippen MR) is 66.3 cm³/mol. The van der Waals surface area contributed by atoms with Gasteiger partial charge in [0.2, 0.25) is 0 Å². The van der Waals surface area contributed by atoms with Crippen molar-refractivity contribution in [2.45, 2.75) is 32.4 Å². The van der Waals surface area contributed by atoms with Crippen LogP contribution in [0.5, 0.6) is 0 Å². The van der Waals surface area contributed by atoms with Gasteiger partial charge in [-0.3, -0.25) is 4.79 Å². The van der Waals surface area contributed by atoms with Crippen LogP contribution in [0.25, 0.3) is 0 Å². The molecule has 94 valence electrons. The van der Waals surface area contributed by atoms with Gasteiger partial charge in [0.25, 0.3) is 0 Å². The van der Waals surface area contributed by atoms with E-state index in [0.29, 0.717) is 0 Å². The molecule has 0 aliphatic carbocycles. The van der Waals surface area contributed by atoms with E-state index >= 15 is 0 Å². The molecule has 2 amide bonds. The van der Waals surface area contributed by atoms with Gasteiger partial charge in [-0.25, -0.2) is 4.79 Å². The second-order valence-electron chi connectivity index (χ2n) is 3.91. The van der Waals surface area contributed by atoms with Crippen molar-refractivity contribution in [1.82, 2.24) is 10.6 Å². The van der Waals surface area contributed by atoms with Crippen LogP contribution in [0.4, 0.5) is 4.79 Å². The highest BCUT2D eigenvalue weighted by atomic mass is 32.1. The van der Waals surface area contributed by atoms with Crippen LogP contribution in [-0.4, -0.2) is 29.2 Å². The molecule has 2 atom stereocenters. The molecular formula is C11H16N2O3S. The maximum Gasteiger partial charge on any atom is 0.325 e. The van der Waals surface area contributed by atoms with Crippen LogP contribution in [0.1, 0.15) is 19.4 Å². The van der Waals surface area contributed by atoms with Crippen molar-refractivity contribution in [3.63, 3.8) is 0 Å². The molecule has 5 nitrogen and oxygen atoms in total. The lowest BCUT2D eigenvalue weighted by Crippen LogP contribution is -2.47. The van der Waals surface area contributed by atoms with Crippen LogP contribution in [0.3, 0.4) is 0 Å². The van der Waals surface area contributed by atoms with Gasteiger partial charge in [-0.1, -0.05) is 0 Å². The lowest BCUT2D eigenvalue weighted by Gasteiger charge is -2.15. The SMILES string of the molecule is CC(Cc1ccsc1)NC(=O)NC(C)C(=O)O. The summed E-state index contributed by atoms with van der Waals surface area (Å²) in [5.74, 6) is -1.05. The summed E-state index contributed by atoms with van der Waals surface area (Å²) in [7, 11) is 0. The summed E-state index contributed by atoms with van der Waals surface area (Å²) in [6.07, 6.45) is 0.734. The number of carbonyl (C=O) groups is 2. The summed E-state index contributed by atoms with van der Waals surface area (Å²) < 4.78 is 0. The van der Waals surface area contributed by atoms with E-state index in [9.17, 15) is 9.59 Å². The van der Waals surface area contributed by atoms with Crippen LogP contribution < -0.4 is 10.6 Å². The van der Waals surface area contributed by atoms with E-state index in [1.165, 1.54) is 6.92 Å². The van der Waals surface area contributed by atoms with Crippen molar-refractivity contribution in [3.8, 4) is 0 Å². The average Bonchev–Trinajstić information content (AvgIpc) is 2.69. The van der Waals surface area contributed by atoms with Crippen molar-refractivity contribution >= 4 is 23.3 Å². The molecule has 0 radical (unpaired) electrons. The maximum atomic E-state index is 11.4. The summed E-state index contributed by atoms with van der Waals surface area (Å²) >= 11 is 1.61. The summed E-state index contributed by atoms with van der Waals surface area (Å²) in [5, 5.41) is 17.7. The Morgan fingerprint density at radius 3 is 2.65 bits per heavy atom. The van der Waals surface area contributed by atoms with Crippen molar-refractivity contribution in [1.29, 1.82) is 0 Å². The van der Waals surface area contributed by atoms with Crippen LogP contribution in [0.2, 0.25) is 0 Å². The molecule has 0 aromatic carbocycles. The van der Waals surface area contributed by atoms with Crippen molar-refractivity contribution in [2.75, 3.05) is 0 Å². The molecule has 17 heavy (non-hydrogen) atoms. The number of urea groups is 1. The van der Waals surface area contributed by atoms with E-state index in [1.54, 1.807) is 11.3 Å². The molecule has 6 heteroatoms. The number of thiophene rings is 1. The Hall–Kier alpha value is -1.56. The van der Waals surface area contributed by atoms with Gasteiger partial charge in [0.05, 0.1) is 0 Å². The third-order valence-corrected chi connectivity index (χ3v) is 2.95. The number of rotatable bonds is 5. The summed E-state index contributed by atoms with van der Waals surface area (Å²) in [6, 6.07) is 0.622. The van der Waals surface area contributed by atoms with Gasteiger partial charge < -0.3 is 15.7 Å². The third kappa shape index (κ3) is 4.86. The minimum Gasteiger partial charge on any atom is -0.480 e. The molecule has 0 saturated carbocycles. The quantitative estimate of drug-likeness (QED) is 0.746. The van der Waals surface area contributed by atoms with Gasteiger partial charge in [0, 0.05) is 6.04 Å². The molecule has 0 saturated heterocycles. The fraction of sp³-hybridized carbons (Fsp3) is 0.455. The zero-order chi connectivity index (χ0) is 12.8. The van der Waals surface area contributed by atoms with Gasteiger partial charge in [-0.2, -0.15) is 11.3 Å². The number of carboxylic acid groups (broad SMARTS) is 1. The first kappa shape index (κ1) is 13.5. The largest absolute Gasteiger partial charge is 0.480 e. The molecule has 0 bridgehead atoms. The number of carbonyl (C=O) groups excluding carboxylic acids is 1. The first-order chi connectivity index (χ1) is 7.99. The number of amides is 2. The molecule has 1 aromatic heterocycles. The first-order valence-corrected chi connectivity index (χ1v) is 6.24. The van der Waals surface area contributed by atoms with Gasteiger partial charge >= 0.3 is 12.0 Å². The average molecular weight is 256 g/mol. The van der Waals surface area contributed by atoms with E-state index in [1.807, 2.05) is 23.8 Å². The minimum absolute atomic E-state index is 0.0365. The number of hydrogen-bond donors (Lipinski definition) is 3. The normalized spacial score (nSPS) is 13.8. The lowest BCUT2D eigenvalue weighted by molar-refractivity contribution is -0.138. The van der Waals surface area contributed by atoms with Gasteiger partial charge in [0.15, 0.2) is 0 Å². The Bertz CT molecular complexity index is 378. The molecule has 1 rings (SSSR count). The zero-order valence-electron chi connectivity index (χ0n) is 9.77. The highest BCUT2D eigenvalue weighted by Crippen LogP contribution is 2.08. The number of aliphatic carboxylic acids is 1. The van der Waals surface area contributed by atoms with Crippen LogP contribution >= 0.6 is 11.3 Å². The molecule has 0 fully saturated rings. The Kier molecular flexibility index (Phi) is 4.96. The summed E-state index contributed by atoms with van der Waals surface area (Å²) in [5.41, 5.74) is 1.16. The Labute approximate surface area is 104 Å². The topological polar surface area (TPSA) is 78.4 Å². The number of hydrogen-bond acceptors (Lipinski definition) is 3. The van der Waals surface area contributed by atoms with Crippen LogP contribution in [0, 0.1) is 0 Å². The predicted octanol–water partition coefficient (Wildman–Crippen LogP) is 1.45. The molecule has 1 aromatic rings. The maximum absolute atomic E-state index is 11.4. The number of carboxylic acids is 1. The Balaban J connectivity index is 2.33. The first-order valence-electron chi connectivity index (χ1n) is 5.30. The second-order valence-corrected chi connectivity index (χ2v) is 4.69. The van der Waals surface area contributed by atoms with Gasteiger partial charge in [0.1, 0.15) is 6.04 Å². The monoisotopic (exact) mass is 256 g/mol. The van der Waals surface area contributed by atoms with Crippen molar-refractivity contribution in [3.05, 3.63) is 22.4 Å². The number of nitrogens with one attached hydrogen (secondary N) is 2. The molecule has 2 unspecified atom stereocenters. The van der Waals surface area contributed by atoms with E-state index in [-0.39, 0.29) is 6.04 Å². The van der Waals surface area contributed by atoms with Crippen LogP contribution in [0.15, 0.2) is 16.8 Å². The van der Waals surface area contributed by atoms with Crippen molar-refractivity contribution < 1.29 is 14.7 Å². The fourth-order valence-corrected chi connectivity index (χ4v) is 2.02. The van der Waals surface area contributed by atoms with E-state index in [0.717, 1.165) is 12.0 Å². The van der Waals surface area contributed by atoms with Crippen LogP contribution in [-0.2, 0) is 11.2 Å². The van der Waals surface area contributed by atoms with Gasteiger partial charge in [-0.15, -0.1) is 0 Å². The van der Waals surface area contributed by atoms with E-state index < -0.39 is 18.0 Å². The Morgan fingerprint density at radius 2 is 2.12 bits per heavy atom.